The fraction of sp³-hybridized carbons (Fsp3) is 0.231. The first-order valence-electron chi connectivity index (χ1n) is 9.75. The van der Waals surface area contributed by atoms with Gasteiger partial charge in [-0.25, -0.2) is 9.59 Å². The summed E-state index contributed by atoms with van der Waals surface area (Å²) in [5, 5.41) is 2.73. The Morgan fingerprint density at radius 3 is 1.60 bits per heavy atom. The van der Waals surface area contributed by atoms with Gasteiger partial charge in [0.05, 0.1) is 0 Å². The molecule has 3 aromatic carbocycles. The minimum absolute atomic E-state index is 0.121. The molecule has 154 valence electrons. The van der Waals surface area contributed by atoms with Crippen molar-refractivity contribution in [3.63, 3.8) is 0 Å². The second-order valence-corrected chi connectivity index (χ2v) is 8.55. The Bertz CT molecular complexity index is 1210. The lowest BCUT2D eigenvalue weighted by Gasteiger charge is -2.22. The molecule has 0 aliphatic carbocycles. The van der Waals surface area contributed by atoms with E-state index in [1.54, 1.807) is 13.8 Å². The van der Waals surface area contributed by atoms with Gasteiger partial charge in [-0.15, -0.1) is 0 Å². The molecule has 0 aliphatic rings. The highest BCUT2D eigenvalue weighted by atomic mass is 16.5. The van der Waals surface area contributed by atoms with Crippen molar-refractivity contribution < 1.29 is 19.1 Å². The summed E-state index contributed by atoms with van der Waals surface area (Å²) in [6.07, 6.45) is 0. The quantitative estimate of drug-likeness (QED) is 0.224. The maximum Gasteiger partial charge on any atom is 0.338 e. The monoisotopic (exact) mass is 402 g/mol. The van der Waals surface area contributed by atoms with Crippen molar-refractivity contribution in [3.05, 3.63) is 72.3 Å². The van der Waals surface area contributed by atoms with Crippen LogP contribution >= 0.6 is 0 Å². The molecule has 0 aliphatic heterocycles. The van der Waals surface area contributed by atoms with Gasteiger partial charge in [0.15, 0.2) is 0 Å². The average Bonchev–Trinajstić information content (AvgIpc) is 2.68. The molecule has 0 spiro atoms. The van der Waals surface area contributed by atoms with E-state index in [0.29, 0.717) is 44.2 Å². The van der Waals surface area contributed by atoms with Crippen molar-refractivity contribution in [2.45, 2.75) is 40.0 Å². The van der Waals surface area contributed by atoms with Gasteiger partial charge in [0.2, 0.25) is 0 Å². The van der Waals surface area contributed by atoms with Crippen molar-refractivity contribution in [2.75, 3.05) is 0 Å². The first-order valence-corrected chi connectivity index (χ1v) is 9.75. The van der Waals surface area contributed by atoms with Crippen molar-refractivity contribution in [1.82, 2.24) is 0 Å². The standard InChI is InChI=1S/C26H26O4/c1-15(2)24(27)29-22-18-10-8-9-11-19(18)23(30-25(28)16(3)4)21-14-17(26(5,6)7)12-13-20(21)22/h8-14H,1,3H2,2,4-7H3. The molecule has 0 bridgehead atoms. The molecule has 0 saturated heterocycles. The van der Waals surface area contributed by atoms with Gasteiger partial charge in [0, 0.05) is 32.7 Å². The Morgan fingerprint density at radius 1 is 0.733 bits per heavy atom. The summed E-state index contributed by atoms with van der Waals surface area (Å²) >= 11 is 0. The molecule has 0 aromatic heterocycles. The van der Waals surface area contributed by atoms with E-state index in [1.807, 2.05) is 42.5 Å². The Kier molecular flexibility index (Phi) is 5.53. The lowest BCUT2D eigenvalue weighted by atomic mass is 9.85. The average molecular weight is 402 g/mol. The minimum Gasteiger partial charge on any atom is -0.422 e. The fourth-order valence-corrected chi connectivity index (χ4v) is 3.15. The summed E-state index contributed by atoms with van der Waals surface area (Å²) in [6, 6.07) is 13.3. The maximum absolute atomic E-state index is 12.4. The molecule has 0 atom stereocenters. The summed E-state index contributed by atoms with van der Waals surface area (Å²) in [5.74, 6) is -0.165. The molecule has 4 nitrogen and oxygen atoms in total. The second kappa shape index (κ2) is 7.79. The van der Waals surface area contributed by atoms with E-state index in [2.05, 4.69) is 33.9 Å². The van der Waals surface area contributed by atoms with E-state index in [-0.39, 0.29) is 5.41 Å². The third kappa shape index (κ3) is 3.99. The van der Waals surface area contributed by atoms with Crippen LogP contribution in [0.5, 0.6) is 11.5 Å². The molecule has 0 saturated carbocycles. The molecule has 0 heterocycles. The van der Waals surface area contributed by atoms with Gasteiger partial charge >= 0.3 is 11.9 Å². The number of carbonyl (C=O) groups excluding carboxylic acids is 2. The zero-order chi connectivity index (χ0) is 22.2. The molecule has 0 unspecified atom stereocenters. The number of fused-ring (bicyclic) bond motifs is 2. The zero-order valence-corrected chi connectivity index (χ0v) is 18.1. The largest absolute Gasteiger partial charge is 0.422 e. The third-order valence-electron chi connectivity index (χ3n) is 4.88. The molecule has 30 heavy (non-hydrogen) atoms. The van der Waals surface area contributed by atoms with Crippen LogP contribution in [-0.2, 0) is 15.0 Å². The van der Waals surface area contributed by atoms with Crippen LogP contribution in [0.25, 0.3) is 21.5 Å². The van der Waals surface area contributed by atoms with Gasteiger partial charge in [-0.2, -0.15) is 0 Å². The molecule has 3 aromatic rings. The lowest BCUT2D eigenvalue weighted by molar-refractivity contribution is -0.130. The zero-order valence-electron chi connectivity index (χ0n) is 18.1. The third-order valence-corrected chi connectivity index (χ3v) is 4.88. The fourth-order valence-electron chi connectivity index (χ4n) is 3.15. The summed E-state index contributed by atoms with van der Waals surface area (Å²) in [5.41, 5.74) is 1.55. The Balaban J connectivity index is 2.43. The van der Waals surface area contributed by atoms with Crippen molar-refractivity contribution in [1.29, 1.82) is 0 Å². The van der Waals surface area contributed by atoms with Gasteiger partial charge in [0.25, 0.3) is 0 Å². The summed E-state index contributed by atoms with van der Waals surface area (Å²) in [7, 11) is 0. The molecule has 0 radical (unpaired) electrons. The van der Waals surface area contributed by atoms with Crippen LogP contribution in [0.3, 0.4) is 0 Å². The molecule has 4 heteroatoms. The van der Waals surface area contributed by atoms with Crippen molar-refractivity contribution in [3.8, 4) is 11.5 Å². The number of hydrogen-bond acceptors (Lipinski definition) is 4. The van der Waals surface area contributed by atoms with E-state index in [4.69, 9.17) is 9.47 Å². The van der Waals surface area contributed by atoms with Gasteiger partial charge in [0.1, 0.15) is 11.5 Å². The Labute approximate surface area is 176 Å². The SMILES string of the molecule is C=C(C)C(=O)Oc1c2ccccc2c(OC(=O)C(=C)C)c2cc(C(C)(C)C)ccc12. The molecule has 0 amide bonds. The van der Waals surface area contributed by atoms with Crippen LogP contribution in [0.4, 0.5) is 0 Å². The van der Waals surface area contributed by atoms with E-state index < -0.39 is 11.9 Å². The normalized spacial score (nSPS) is 11.4. The summed E-state index contributed by atoms with van der Waals surface area (Å²) in [6.45, 7) is 16.9. The molecular formula is C26H26O4. The van der Waals surface area contributed by atoms with Crippen LogP contribution < -0.4 is 9.47 Å². The van der Waals surface area contributed by atoms with E-state index in [1.165, 1.54) is 0 Å². The van der Waals surface area contributed by atoms with Crippen LogP contribution in [0.1, 0.15) is 40.2 Å². The number of carbonyl (C=O) groups is 2. The van der Waals surface area contributed by atoms with Crippen molar-refractivity contribution in [2.24, 2.45) is 0 Å². The highest BCUT2D eigenvalue weighted by molar-refractivity contribution is 6.13. The smallest absolute Gasteiger partial charge is 0.338 e. The van der Waals surface area contributed by atoms with Gasteiger partial charge in [-0.1, -0.05) is 70.3 Å². The van der Waals surface area contributed by atoms with Crippen molar-refractivity contribution >= 4 is 33.5 Å². The summed E-state index contributed by atoms with van der Waals surface area (Å²) < 4.78 is 11.5. The van der Waals surface area contributed by atoms with E-state index in [0.717, 1.165) is 5.56 Å². The molecule has 3 rings (SSSR count). The summed E-state index contributed by atoms with van der Waals surface area (Å²) in [4.78, 5) is 24.8. The first kappa shape index (κ1) is 21.3. The molecular weight excluding hydrogens is 376 g/mol. The van der Waals surface area contributed by atoms with Crippen LogP contribution in [0, 0.1) is 0 Å². The number of ether oxygens (including phenoxy) is 2. The predicted molar refractivity (Wildman–Crippen MR) is 121 cm³/mol. The minimum atomic E-state index is -0.506. The van der Waals surface area contributed by atoms with Gasteiger partial charge in [-0.05, 0) is 30.9 Å². The highest BCUT2D eigenvalue weighted by Crippen LogP contribution is 2.44. The second-order valence-electron chi connectivity index (χ2n) is 8.55. The predicted octanol–water partition coefficient (Wildman–Crippen LogP) is 6.25. The Morgan fingerprint density at radius 2 is 1.17 bits per heavy atom. The van der Waals surface area contributed by atoms with E-state index in [9.17, 15) is 9.59 Å². The van der Waals surface area contributed by atoms with Gasteiger partial charge < -0.3 is 9.47 Å². The lowest BCUT2D eigenvalue weighted by Crippen LogP contribution is -2.13. The molecule has 0 fully saturated rings. The maximum atomic E-state index is 12.4. The van der Waals surface area contributed by atoms with Crippen LogP contribution in [0.15, 0.2) is 66.8 Å². The molecule has 0 N–H and O–H groups in total. The number of hydrogen-bond donors (Lipinski definition) is 0. The van der Waals surface area contributed by atoms with Gasteiger partial charge in [-0.3, -0.25) is 0 Å². The number of esters is 2. The highest BCUT2D eigenvalue weighted by Gasteiger charge is 2.23. The first-order chi connectivity index (χ1) is 14.0. The number of rotatable bonds is 4. The Hall–Kier alpha value is -3.40. The van der Waals surface area contributed by atoms with Crippen LogP contribution in [0.2, 0.25) is 0 Å². The topological polar surface area (TPSA) is 52.6 Å². The van der Waals surface area contributed by atoms with E-state index >= 15 is 0 Å². The number of benzene rings is 3. The van der Waals surface area contributed by atoms with Crippen LogP contribution in [-0.4, -0.2) is 11.9 Å².